The number of rotatable bonds is 6. The van der Waals surface area contributed by atoms with Crippen LogP contribution in [0.15, 0.2) is 42.5 Å². The van der Waals surface area contributed by atoms with Gasteiger partial charge in [-0.3, -0.25) is 0 Å². The first-order valence-corrected chi connectivity index (χ1v) is 8.03. The fraction of sp³-hybridized carbons (Fsp3) is 0.368. The summed E-state index contributed by atoms with van der Waals surface area (Å²) in [5, 5.41) is 4.48. The highest BCUT2D eigenvalue weighted by Crippen LogP contribution is 2.25. The highest BCUT2D eigenvalue weighted by molar-refractivity contribution is 6.30. The van der Waals surface area contributed by atoms with Crippen LogP contribution in [0.5, 0.6) is 0 Å². The molecule has 0 aliphatic rings. The number of nitrogens with one attached hydrogen (secondary N) is 1. The molecule has 0 radical (unpaired) electrons. The van der Waals surface area contributed by atoms with Crippen LogP contribution in [-0.4, -0.2) is 6.54 Å². The number of benzene rings is 2. The monoisotopic (exact) mass is 301 g/mol. The Kier molecular flexibility index (Phi) is 5.84. The maximum Gasteiger partial charge on any atom is 0.0408 e. The van der Waals surface area contributed by atoms with Crippen LogP contribution < -0.4 is 5.32 Å². The molecule has 0 saturated carbocycles. The van der Waals surface area contributed by atoms with E-state index in [0.29, 0.717) is 6.04 Å². The van der Waals surface area contributed by atoms with Crippen LogP contribution in [0.25, 0.3) is 0 Å². The molecule has 0 heterocycles. The highest BCUT2D eigenvalue weighted by atomic mass is 35.5. The molecule has 0 aliphatic heterocycles. The van der Waals surface area contributed by atoms with Gasteiger partial charge in [-0.05, 0) is 62.1 Å². The van der Waals surface area contributed by atoms with Crippen LogP contribution in [0.1, 0.15) is 41.6 Å². The Balaban J connectivity index is 2.25. The Hall–Kier alpha value is -1.31. The van der Waals surface area contributed by atoms with Crippen molar-refractivity contribution in [1.82, 2.24) is 5.32 Å². The van der Waals surface area contributed by atoms with Gasteiger partial charge in [-0.2, -0.15) is 0 Å². The second kappa shape index (κ2) is 7.63. The summed E-state index contributed by atoms with van der Waals surface area (Å²) in [4.78, 5) is 0. The van der Waals surface area contributed by atoms with Crippen LogP contribution in [0, 0.1) is 13.8 Å². The summed E-state index contributed by atoms with van der Waals surface area (Å²) < 4.78 is 0. The molecule has 0 fully saturated rings. The maximum absolute atomic E-state index is 6.09. The lowest BCUT2D eigenvalue weighted by molar-refractivity contribution is 0.527. The standard InChI is InChI=1S/C19H24ClN/c1-4-10-21-19(13-16-7-5-6-14(2)11-16)18-9-8-17(20)12-15(18)3/h5-9,11-12,19,21H,4,10,13H2,1-3H3. The lowest BCUT2D eigenvalue weighted by atomic mass is 9.94. The van der Waals surface area contributed by atoms with Crippen molar-refractivity contribution >= 4 is 11.6 Å². The third kappa shape index (κ3) is 4.59. The van der Waals surface area contributed by atoms with E-state index >= 15 is 0 Å². The molecule has 0 aromatic heterocycles. The summed E-state index contributed by atoms with van der Waals surface area (Å²) in [6.45, 7) is 7.51. The average molecular weight is 302 g/mol. The first-order chi connectivity index (χ1) is 10.1. The van der Waals surface area contributed by atoms with Gasteiger partial charge in [-0.25, -0.2) is 0 Å². The smallest absolute Gasteiger partial charge is 0.0408 e. The zero-order valence-corrected chi connectivity index (χ0v) is 13.9. The van der Waals surface area contributed by atoms with Crippen LogP contribution in [0.4, 0.5) is 0 Å². The molecule has 2 rings (SSSR count). The van der Waals surface area contributed by atoms with E-state index in [0.717, 1.165) is 24.4 Å². The van der Waals surface area contributed by atoms with Crippen LogP contribution in [0.2, 0.25) is 5.02 Å². The summed E-state index contributed by atoms with van der Waals surface area (Å²) in [7, 11) is 0. The summed E-state index contributed by atoms with van der Waals surface area (Å²) in [5.41, 5.74) is 5.28. The number of hydrogen-bond donors (Lipinski definition) is 1. The van der Waals surface area contributed by atoms with Gasteiger partial charge in [0, 0.05) is 11.1 Å². The van der Waals surface area contributed by atoms with E-state index in [4.69, 9.17) is 11.6 Å². The quantitative estimate of drug-likeness (QED) is 0.769. The van der Waals surface area contributed by atoms with Gasteiger partial charge in [0.15, 0.2) is 0 Å². The molecule has 2 heteroatoms. The highest BCUT2D eigenvalue weighted by Gasteiger charge is 2.14. The minimum atomic E-state index is 0.337. The molecule has 0 amide bonds. The predicted octanol–water partition coefficient (Wildman–Crippen LogP) is 5.24. The zero-order valence-electron chi connectivity index (χ0n) is 13.1. The lowest BCUT2D eigenvalue weighted by Gasteiger charge is -2.21. The number of hydrogen-bond acceptors (Lipinski definition) is 1. The SMILES string of the molecule is CCCNC(Cc1cccc(C)c1)c1ccc(Cl)cc1C. The van der Waals surface area contributed by atoms with Crippen LogP contribution in [-0.2, 0) is 6.42 Å². The van der Waals surface area contributed by atoms with Gasteiger partial charge >= 0.3 is 0 Å². The van der Waals surface area contributed by atoms with Gasteiger partial charge in [0.2, 0.25) is 0 Å². The van der Waals surface area contributed by atoms with Crippen molar-refractivity contribution in [2.75, 3.05) is 6.54 Å². The fourth-order valence-corrected chi connectivity index (χ4v) is 2.94. The molecule has 1 nitrogen and oxygen atoms in total. The molecule has 0 aliphatic carbocycles. The molecule has 2 aromatic rings. The normalized spacial score (nSPS) is 12.4. The van der Waals surface area contributed by atoms with Crippen molar-refractivity contribution in [3.8, 4) is 0 Å². The minimum Gasteiger partial charge on any atom is -0.310 e. The van der Waals surface area contributed by atoms with Crippen molar-refractivity contribution in [2.24, 2.45) is 0 Å². The summed E-state index contributed by atoms with van der Waals surface area (Å²) in [6.07, 6.45) is 2.14. The third-order valence-corrected chi connectivity index (χ3v) is 4.01. The van der Waals surface area contributed by atoms with E-state index in [2.05, 4.69) is 56.4 Å². The van der Waals surface area contributed by atoms with E-state index < -0.39 is 0 Å². The Bertz CT molecular complexity index is 592. The van der Waals surface area contributed by atoms with Crippen molar-refractivity contribution in [3.63, 3.8) is 0 Å². The van der Waals surface area contributed by atoms with E-state index in [1.165, 1.54) is 22.3 Å². The number of halogens is 1. The second-order valence-electron chi connectivity index (χ2n) is 5.70. The molecular formula is C19H24ClN. The van der Waals surface area contributed by atoms with Gasteiger partial charge in [-0.15, -0.1) is 0 Å². The van der Waals surface area contributed by atoms with Crippen molar-refractivity contribution in [1.29, 1.82) is 0 Å². The second-order valence-corrected chi connectivity index (χ2v) is 6.14. The molecule has 0 spiro atoms. The summed E-state index contributed by atoms with van der Waals surface area (Å²) in [6, 6.07) is 15.3. The van der Waals surface area contributed by atoms with Gasteiger partial charge < -0.3 is 5.32 Å². The van der Waals surface area contributed by atoms with Crippen LogP contribution >= 0.6 is 11.6 Å². The molecule has 1 unspecified atom stereocenters. The largest absolute Gasteiger partial charge is 0.310 e. The first kappa shape index (κ1) is 16.1. The van der Waals surface area contributed by atoms with Gasteiger partial charge in [0.05, 0.1) is 0 Å². The van der Waals surface area contributed by atoms with Gasteiger partial charge in [0.25, 0.3) is 0 Å². The summed E-state index contributed by atoms with van der Waals surface area (Å²) in [5.74, 6) is 0. The van der Waals surface area contributed by atoms with E-state index in [1.54, 1.807) is 0 Å². The third-order valence-electron chi connectivity index (χ3n) is 3.77. The molecular weight excluding hydrogens is 278 g/mol. The minimum absolute atomic E-state index is 0.337. The van der Waals surface area contributed by atoms with Crippen molar-refractivity contribution in [3.05, 3.63) is 69.7 Å². The molecule has 0 bridgehead atoms. The first-order valence-electron chi connectivity index (χ1n) is 7.65. The van der Waals surface area contributed by atoms with Crippen LogP contribution in [0.3, 0.4) is 0 Å². The molecule has 2 aromatic carbocycles. The zero-order chi connectivity index (χ0) is 15.2. The number of aryl methyl sites for hydroxylation is 2. The van der Waals surface area contributed by atoms with E-state index in [1.807, 2.05) is 12.1 Å². The molecule has 1 atom stereocenters. The Morgan fingerprint density at radius 3 is 2.57 bits per heavy atom. The molecule has 1 N–H and O–H groups in total. The molecule has 112 valence electrons. The Morgan fingerprint density at radius 2 is 1.90 bits per heavy atom. The predicted molar refractivity (Wildman–Crippen MR) is 92.1 cm³/mol. The maximum atomic E-state index is 6.09. The lowest BCUT2D eigenvalue weighted by Crippen LogP contribution is -2.24. The van der Waals surface area contributed by atoms with E-state index in [9.17, 15) is 0 Å². The van der Waals surface area contributed by atoms with Gasteiger partial charge in [0.1, 0.15) is 0 Å². The van der Waals surface area contributed by atoms with Gasteiger partial charge in [-0.1, -0.05) is 54.4 Å². The molecule has 21 heavy (non-hydrogen) atoms. The Morgan fingerprint density at radius 1 is 1.10 bits per heavy atom. The average Bonchev–Trinajstić information content (AvgIpc) is 2.44. The van der Waals surface area contributed by atoms with E-state index in [-0.39, 0.29) is 0 Å². The van der Waals surface area contributed by atoms with Crippen molar-refractivity contribution in [2.45, 2.75) is 39.7 Å². The van der Waals surface area contributed by atoms with Crippen molar-refractivity contribution < 1.29 is 0 Å². The fourth-order valence-electron chi connectivity index (χ4n) is 2.72. The summed E-state index contributed by atoms with van der Waals surface area (Å²) >= 11 is 6.09. The topological polar surface area (TPSA) is 12.0 Å². The Labute approximate surface area is 133 Å². The molecule has 0 saturated heterocycles.